The molecule has 4 nitrogen and oxygen atoms in total. The number of carbonyl (C=O) groups is 1. The first-order valence-electron chi connectivity index (χ1n) is 5.90. The highest BCUT2D eigenvalue weighted by atomic mass is 32.2. The first-order valence-corrected chi connectivity index (χ1v) is 7.06. The molecule has 1 aromatic carbocycles. The van der Waals surface area contributed by atoms with Crippen molar-refractivity contribution >= 4 is 17.7 Å². The van der Waals surface area contributed by atoms with Crippen molar-refractivity contribution in [2.45, 2.75) is 25.2 Å². The van der Waals surface area contributed by atoms with E-state index in [9.17, 15) is 4.79 Å². The highest BCUT2D eigenvalue weighted by Crippen LogP contribution is 2.18. The minimum atomic E-state index is -0.342. The molecule has 102 valence electrons. The van der Waals surface area contributed by atoms with E-state index in [-0.39, 0.29) is 18.5 Å². The summed E-state index contributed by atoms with van der Waals surface area (Å²) in [6.07, 6.45) is -0.0967. The Balaban J connectivity index is 2.38. The largest absolute Gasteiger partial charge is 0.497 e. The Kier molecular flexibility index (Phi) is 6.83. The smallest absolute Gasteiger partial charge is 0.302 e. The molecule has 0 radical (unpaired) electrons. The highest BCUT2D eigenvalue weighted by molar-refractivity contribution is 7.98. The van der Waals surface area contributed by atoms with E-state index >= 15 is 0 Å². The monoisotopic (exact) mass is 279 g/mol. The van der Waals surface area contributed by atoms with Gasteiger partial charge in [0, 0.05) is 18.4 Å². The zero-order valence-corrected chi connectivity index (χ0v) is 11.9. The minimum absolute atomic E-state index is 0.231. The number of benzene rings is 1. The molecule has 0 fully saturated rings. The average Bonchev–Trinajstić information content (AvgIpc) is 2.39. The van der Waals surface area contributed by atoms with Gasteiger partial charge in [0.05, 0.1) is 19.6 Å². The van der Waals surface area contributed by atoms with Gasteiger partial charge in [0.1, 0.15) is 11.9 Å². The molecule has 0 heterocycles. The maximum atomic E-state index is 10.9. The van der Waals surface area contributed by atoms with Crippen LogP contribution < -0.4 is 4.74 Å². The van der Waals surface area contributed by atoms with E-state index in [1.807, 2.05) is 30.3 Å². The van der Waals surface area contributed by atoms with Crippen molar-refractivity contribution < 1.29 is 14.3 Å². The van der Waals surface area contributed by atoms with Crippen molar-refractivity contribution in [2.75, 3.05) is 12.9 Å². The lowest BCUT2D eigenvalue weighted by Crippen LogP contribution is -2.18. The maximum Gasteiger partial charge on any atom is 0.302 e. The summed E-state index contributed by atoms with van der Waals surface area (Å²) in [4.78, 5) is 10.9. The summed E-state index contributed by atoms with van der Waals surface area (Å²) < 4.78 is 10.2. The molecule has 0 bridgehead atoms. The fourth-order valence-corrected chi connectivity index (χ4v) is 2.50. The number of nitriles is 1. The van der Waals surface area contributed by atoms with Gasteiger partial charge >= 0.3 is 5.97 Å². The molecule has 0 spiro atoms. The fraction of sp³-hybridized carbons (Fsp3) is 0.429. The Hall–Kier alpha value is -1.67. The summed E-state index contributed by atoms with van der Waals surface area (Å²) in [7, 11) is 1.63. The first-order chi connectivity index (χ1) is 9.15. The van der Waals surface area contributed by atoms with Gasteiger partial charge < -0.3 is 9.47 Å². The summed E-state index contributed by atoms with van der Waals surface area (Å²) in [5.74, 6) is 1.92. The van der Waals surface area contributed by atoms with E-state index < -0.39 is 0 Å². The van der Waals surface area contributed by atoms with Crippen LogP contribution in [0.25, 0.3) is 0 Å². The molecule has 0 aliphatic carbocycles. The normalized spacial score (nSPS) is 11.4. The van der Waals surface area contributed by atoms with Gasteiger partial charge in [0.15, 0.2) is 0 Å². The van der Waals surface area contributed by atoms with Crippen LogP contribution in [0.5, 0.6) is 5.75 Å². The fourth-order valence-electron chi connectivity index (χ4n) is 1.50. The Morgan fingerprint density at radius 1 is 1.42 bits per heavy atom. The molecule has 1 aromatic rings. The third kappa shape index (κ3) is 6.16. The van der Waals surface area contributed by atoms with Crippen LogP contribution in [-0.2, 0) is 15.3 Å². The SMILES string of the molecule is COc1ccc(CSCC(CC#N)OC(C)=O)cc1. The number of rotatable bonds is 7. The quantitative estimate of drug-likeness (QED) is 0.718. The van der Waals surface area contributed by atoms with Crippen molar-refractivity contribution in [1.82, 2.24) is 0 Å². The molecule has 0 amide bonds. The predicted molar refractivity (Wildman–Crippen MR) is 74.9 cm³/mol. The Morgan fingerprint density at radius 2 is 2.11 bits per heavy atom. The van der Waals surface area contributed by atoms with Crippen LogP contribution in [0.3, 0.4) is 0 Å². The van der Waals surface area contributed by atoms with Gasteiger partial charge in [-0.3, -0.25) is 4.79 Å². The molecular formula is C14H17NO3S. The van der Waals surface area contributed by atoms with Crippen molar-refractivity contribution in [1.29, 1.82) is 5.26 Å². The molecule has 1 rings (SSSR count). The molecule has 0 N–H and O–H groups in total. The minimum Gasteiger partial charge on any atom is -0.497 e. The molecule has 1 atom stereocenters. The predicted octanol–water partition coefficient (Wildman–Crippen LogP) is 2.77. The number of hydrogen-bond acceptors (Lipinski definition) is 5. The van der Waals surface area contributed by atoms with E-state index in [1.165, 1.54) is 12.5 Å². The van der Waals surface area contributed by atoms with Gasteiger partial charge in [-0.15, -0.1) is 0 Å². The molecule has 0 saturated carbocycles. The standard InChI is InChI=1S/C14H17NO3S/c1-11(16)18-14(7-8-15)10-19-9-12-3-5-13(17-2)6-4-12/h3-6,14H,7,9-10H2,1-2H3. The van der Waals surface area contributed by atoms with Gasteiger partial charge in [-0.1, -0.05) is 12.1 Å². The number of hydrogen-bond donors (Lipinski definition) is 0. The second-order valence-electron chi connectivity index (χ2n) is 3.96. The number of esters is 1. The van der Waals surface area contributed by atoms with Crippen molar-refractivity contribution in [3.63, 3.8) is 0 Å². The molecule has 5 heteroatoms. The summed E-state index contributed by atoms with van der Waals surface area (Å²) in [6.45, 7) is 1.36. The lowest BCUT2D eigenvalue weighted by Gasteiger charge is -2.13. The van der Waals surface area contributed by atoms with Crippen LogP contribution in [0.4, 0.5) is 0 Å². The number of nitrogens with zero attached hydrogens (tertiary/aromatic N) is 1. The molecule has 0 aliphatic rings. The second-order valence-corrected chi connectivity index (χ2v) is 4.99. The van der Waals surface area contributed by atoms with Crippen molar-refractivity contribution in [3.8, 4) is 11.8 Å². The molecule has 0 saturated heterocycles. The molecule has 1 unspecified atom stereocenters. The Bertz CT molecular complexity index is 439. The van der Waals surface area contributed by atoms with Crippen molar-refractivity contribution in [2.24, 2.45) is 0 Å². The zero-order chi connectivity index (χ0) is 14.1. The van der Waals surface area contributed by atoms with E-state index in [0.717, 1.165) is 11.5 Å². The van der Waals surface area contributed by atoms with Crippen LogP contribution in [0, 0.1) is 11.3 Å². The van der Waals surface area contributed by atoms with E-state index in [1.54, 1.807) is 18.9 Å². The van der Waals surface area contributed by atoms with Crippen LogP contribution >= 0.6 is 11.8 Å². The summed E-state index contributed by atoms with van der Waals surface area (Å²) in [5.41, 5.74) is 1.17. The van der Waals surface area contributed by atoms with Crippen LogP contribution in [-0.4, -0.2) is 24.9 Å². The Labute approximate surface area is 117 Å². The lowest BCUT2D eigenvalue weighted by atomic mass is 10.2. The molecular weight excluding hydrogens is 262 g/mol. The molecule has 0 aliphatic heterocycles. The van der Waals surface area contributed by atoms with Crippen LogP contribution in [0.15, 0.2) is 24.3 Å². The molecule has 0 aromatic heterocycles. The van der Waals surface area contributed by atoms with Gasteiger partial charge in [0.2, 0.25) is 0 Å². The summed E-state index contributed by atoms with van der Waals surface area (Å²) in [5, 5.41) is 8.66. The van der Waals surface area contributed by atoms with Gasteiger partial charge in [-0.25, -0.2) is 0 Å². The first kappa shape index (κ1) is 15.4. The number of thioether (sulfide) groups is 1. The van der Waals surface area contributed by atoms with Gasteiger partial charge in [0.25, 0.3) is 0 Å². The van der Waals surface area contributed by atoms with E-state index in [4.69, 9.17) is 14.7 Å². The highest BCUT2D eigenvalue weighted by Gasteiger charge is 2.11. The summed E-state index contributed by atoms with van der Waals surface area (Å²) in [6, 6.07) is 9.85. The number of methoxy groups -OCH3 is 1. The third-order valence-electron chi connectivity index (χ3n) is 2.38. The summed E-state index contributed by atoms with van der Waals surface area (Å²) >= 11 is 1.64. The Morgan fingerprint density at radius 3 is 2.63 bits per heavy atom. The molecule has 19 heavy (non-hydrogen) atoms. The van der Waals surface area contributed by atoms with Gasteiger partial charge in [-0.05, 0) is 17.7 Å². The topological polar surface area (TPSA) is 59.3 Å². The number of ether oxygens (including phenoxy) is 2. The maximum absolute atomic E-state index is 10.9. The lowest BCUT2D eigenvalue weighted by molar-refractivity contribution is -0.144. The van der Waals surface area contributed by atoms with Crippen LogP contribution in [0.2, 0.25) is 0 Å². The van der Waals surface area contributed by atoms with Crippen molar-refractivity contribution in [3.05, 3.63) is 29.8 Å². The second kappa shape index (κ2) is 8.44. The zero-order valence-electron chi connectivity index (χ0n) is 11.1. The number of carbonyl (C=O) groups excluding carboxylic acids is 1. The van der Waals surface area contributed by atoms with Gasteiger partial charge in [-0.2, -0.15) is 17.0 Å². The van der Waals surface area contributed by atoms with E-state index in [0.29, 0.717) is 5.75 Å². The average molecular weight is 279 g/mol. The van der Waals surface area contributed by atoms with E-state index in [2.05, 4.69) is 0 Å². The van der Waals surface area contributed by atoms with Crippen LogP contribution in [0.1, 0.15) is 18.9 Å². The third-order valence-corrected chi connectivity index (χ3v) is 3.53.